The van der Waals surface area contributed by atoms with E-state index in [1.807, 2.05) is 11.8 Å². The van der Waals surface area contributed by atoms with Crippen molar-refractivity contribution in [3.63, 3.8) is 0 Å². The topological polar surface area (TPSA) is 85.2 Å². The van der Waals surface area contributed by atoms with Crippen LogP contribution in [0.1, 0.15) is 50.7 Å². The number of amides is 1. The molecule has 0 unspecified atom stereocenters. The summed E-state index contributed by atoms with van der Waals surface area (Å²) in [6.07, 6.45) is 2.46. The molecule has 112 valence electrons. The second kappa shape index (κ2) is 6.35. The van der Waals surface area contributed by atoms with Crippen LogP contribution in [-0.2, 0) is 4.79 Å². The lowest BCUT2D eigenvalue weighted by Gasteiger charge is -2.32. The molecule has 1 atom stereocenters. The number of nitrogens with two attached hydrogens (primary N) is 1. The molecule has 0 spiro atoms. The molecular formula is C14H24N4O2. The Kier molecular flexibility index (Phi) is 4.75. The maximum Gasteiger partial charge on any atom is 0.239 e. The smallest absolute Gasteiger partial charge is 0.239 e. The van der Waals surface area contributed by atoms with Crippen molar-refractivity contribution in [3.05, 3.63) is 11.7 Å². The molecule has 1 saturated heterocycles. The third-order valence-corrected chi connectivity index (χ3v) is 3.74. The molecule has 0 radical (unpaired) electrons. The van der Waals surface area contributed by atoms with Gasteiger partial charge in [-0.25, -0.2) is 0 Å². The molecule has 0 aliphatic carbocycles. The highest BCUT2D eigenvalue weighted by atomic mass is 16.5. The fourth-order valence-electron chi connectivity index (χ4n) is 2.67. The van der Waals surface area contributed by atoms with Gasteiger partial charge in [-0.1, -0.05) is 19.0 Å². The van der Waals surface area contributed by atoms with E-state index < -0.39 is 0 Å². The molecule has 6 nitrogen and oxygen atoms in total. The summed E-state index contributed by atoms with van der Waals surface area (Å²) in [6.45, 7) is 7.42. The standard InChI is InChI=1S/C14H24N4O2/c1-9(2)8-12(15)14(19)18-6-4-11(5-7-18)13-16-10(3)17-20-13/h9,11-12H,4-8,15H2,1-3H3/t12-/m0/s1. The Labute approximate surface area is 119 Å². The van der Waals surface area contributed by atoms with Crippen LogP contribution in [-0.4, -0.2) is 40.1 Å². The molecule has 1 fully saturated rings. The fraction of sp³-hybridized carbons (Fsp3) is 0.786. The zero-order chi connectivity index (χ0) is 14.7. The molecule has 0 bridgehead atoms. The summed E-state index contributed by atoms with van der Waals surface area (Å²) in [5.74, 6) is 2.13. The Morgan fingerprint density at radius 2 is 2.10 bits per heavy atom. The van der Waals surface area contributed by atoms with Crippen molar-refractivity contribution in [1.29, 1.82) is 0 Å². The van der Waals surface area contributed by atoms with E-state index in [1.54, 1.807) is 0 Å². The summed E-state index contributed by atoms with van der Waals surface area (Å²) >= 11 is 0. The maximum absolute atomic E-state index is 12.2. The lowest BCUT2D eigenvalue weighted by Crippen LogP contribution is -2.47. The summed E-state index contributed by atoms with van der Waals surface area (Å²) in [6, 6.07) is -0.378. The zero-order valence-electron chi connectivity index (χ0n) is 12.5. The van der Waals surface area contributed by atoms with Gasteiger partial charge in [0.05, 0.1) is 6.04 Å². The van der Waals surface area contributed by atoms with Gasteiger partial charge in [-0.05, 0) is 32.1 Å². The third kappa shape index (κ3) is 3.56. The third-order valence-electron chi connectivity index (χ3n) is 3.74. The van der Waals surface area contributed by atoms with Crippen molar-refractivity contribution >= 4 is 5.91 Å². The maximum atomic E-state index is 12.2. The molecule has 2 N–H and O–H groups in total. The molecule has 1 aromatic heterocycles. The predicted molar refractivity (Wildman–Crippen MR) is 75.0 cm³/mol. The molecule has 2 rings (SSSR count). The molecule has 2 heterocycles. The molecule has 0 saturated carbocycles. The second-order valence-corrected chi connectivity index (χ2v) is 6.02. The highest BCUT2D eigenvalue weighted by molar-refractivity contribution is 5.81. The van der Waals surface area contributed by atoms with Crippen molar-refractivity contribution in [2.24, 2.45) is 11.7 Å². The Morgan fingerprint density at radius 3 is 2.60 bits per heavy atom. The van der Waals surface area contributed by atoms with Crippen LogP contribution in [0.2, 0.25) is 0 Å². The number of piperidine rings is 1. The largest absolute Gasteiger partial charge is 0.341 e. The minimum Gasteiger partial charge on any atom is -0.341 e. The van der Waals surface area contributed by atoms with Gasteiger partial charge in [0.25, 0.3) is 0 Å². The summed E-state index contributed by atoms with van der Waals surface area (Å²) in [5, 5.41) is 3.82. The minimum atomic E-state index is -0.378. The molecule has 1 aromatic rings. The summed E-state index contributed by atoms with van der Waals surface area (Å²) in [5.41, 5.74) is 5.97. The van der Waals surface area contributed by atoms with Crippen LogP contribution in [0.5, 0.6) is 0 Å². The Bertz CT molecular complexity index is 450. The number of carbonyl (C=O) groups is 1. The number of nitrogens with zero attached hydrogens (tertiary/aromatic N) is 3. The van der Waals surface area contributed by atoms with Gasteiger partial charge in [0.2, 0.25) is 11.8 Å². The van der Waals surface area contributed by atoms with Gasteiger partial charge in [0.15, 0.2) is 5.82 Å². The van der Waals surface area contributed by atoms with E-state index in [-0.39, 0.29) is 17.9 Å². The first-order valence-corrected chi connectivity index (χ1v) is 7.32. The number of rotatable bonds is 4. The first-order valence-electron chi connectivity index (χ1n) is 7.32. The lowest BCUT2D eigenvalue weighted by molar-refractivity contribution is -0.134. The highest BCUT2D eigenvalue weighted by Crippen LogP contribution is 2.27. The van der Waals surface area contributed by atoms with Crippen LogP contribution in [0, 0.1) is 12.8 Å². The first-order chi connectivity index (χ1) is 9.47. The first kappa shape index (κ1) is 15.0. The van der Waals surface area contributed by atoms with Crippen molar-refractivity contribution < 1.29 is 9.32 Å². The van der Waals surface area contributed by atoms with E-state index in [0.717, 1.165) is 32.4 Å². The number of likely N-dealkylation sites (tertiary alicyclic amines) is 1. The van der Waals surface area contributed by atoms with Crippen molar-refractivity contribution in [1.82, 2.24) is 15.0 Å². The second-order valence-electron chi connectivity index (χ2n) is 6.02. The van der Waals surface area contributed by atoms with Crippen LogP contribution >= 0.6 is 0 Å². The molecule has 1 amide bonds. The number of hydrogen-bond donors (Lipinski definition) is 1. The number of hydrogen-bond acceptors (Lipinski definition) is 5. The van der Waals surface area contributed by atoms with Crippen LogP contribution in [0.4, 0.5) is 0 Å². The van der Waals surface area contributed by atoms with Crippen molar-refractivity contribution in [2.75, 3.05) is 13.1 Å². The van der Waals surface area contributed by atoms with Crippen LogP contribution in [0.3, 0.4) is 0 Å². The number of aryl methyl sites for hydroxylation is 1. The molecule has 1 aliphatic heterocycles. The predicted octanol–water partition coefficient (Wildman–Crippen LogP) is 1.46. The van der Waals surface area contributed by atoms with Gasteiger partial charge in [0, 0.05) is 19.0 Å². The Hall–Kier alpha value is -1.43. The van der Waals surface area contributed by atoms with E-state index in [4.69, 9.17) is 10.3 Å². The van der Waals surface area contributed by atoms with Gasteiger partial charge in [-0.15, -0.1) is 0 Å². The average Bonchev–Trinajstić information content (AvgIpc) is 2.84. The minimum absolute atomic E-state index is 0.0684. The quantitative estimate of drug-likeness (QED) is 0.902. The fourth-order valence-corrected chi connectivity index (χ4v) is 2.67. The van der Waals surface area contributed by atoms with Crippen LogP contribution < -0.4 is 5.73 Å². The van der Waals surface area contributed by atoms with Gasteiger partial charge in [-0.2, -0.15) is 4.98 Å². The van der Waals surface area contributed by atoms with Crippen LogP contribution in [0.25, 0.3) is 0 Å². The average molecular weight is 280 g/mol. The number of carbonyl (C=O) groups excluding carboxylic acids is 1. The molecule has 20 heavy (non-hydrogen) atoms. The van der Waals surface area contributed by atoms with Gasteiger partial charge in [-0.3, -0.25) is 4.79 Å². The monoisotopic (exact) mass is 280 g/mol. The summed E-state index contributed by atoms with van der Waals surface area (Å²) < 4.78 is 5.21. The SMILES string of the molecule is Cc1noc(C2CCN(C(=O)[C@@H](N)CC(C)C)CC2)n1. The van der Waals surface area contributed by atoms with Crippen LogP contribution in [0.15, 0.2) is 4.52 Å². The van der Waals surface area contributed by atoms with Gasteiger partial charge in [0.1, 0.15) is 0 Å². The normalized spacial score (nSPS) is 18.6. The highest BCUT2D eigenvalue weighted by Gasteiger charge is 2.29. The van der Waals surface area contributed by atoms with Crippen molar-refractivity contribution in [3.8, 4) is 0 Å². The van der Waals surface area contributed by atoms with E-state index >= 15 is 0 Å². The molecule has 1 aliphatic rings. The van der Waals surface area contributed by atoms with Gasteiger partial charge < -0.3 is 15.2 Å². The Morgan fingerprint density at radius 1 is 1.45 bits per heavy atom. The molecular weight excluding hydrogens is 256 g/mol. The Balaban J connectivity index is 1.86. The molecule has 0 aromatic carbocycles. The molecule has 6 heteroatoms. The number of aromatic nitrogens is 2. The van der Waals surface area contributed by atoms with E-state index in [1.165, 1.54) is 0 Å². The van der Waals surface area contributed by atoms with E-state index in [0.29, 0.717) is 17.6 Å². The van der Waals surface area contributed by atoms with E-state index in [9.17, 15) is 4.79 Å². The van der Waals surface area contributed by atoms with Crippen molar-refractivity contribution in [2.45, 2.75) is 52.0 Å². The lowest BCUT2D eigenvalue weighted by atomic mass is 9.95. The van der Waals surface area contributed by atoms with Gasteiger partial charge >= 0.3 is 0 Å². The summed E-state index contributed by atoms with van der Waals surface area (Å²) in [4.78, 5) is 18.4. The summed E-state index contributed by atoms with van der Waals surface area (Å²) in [7, 11) is 0. The zero-order valence-corrected chi connectivity index (χ0v) is 12.5. The van der Waals surface area contributed by atoms with E-state index in [2.05, 4.69) is 24.0 Å².